The third-order valence-corrected chi connectivity index (χ3v) is 8.81. The van der Waals surface area contributed by atoms with Crippen LogP contribution in [0.3, 0.4) is 0 Å². The van der Waals surface area contributed by atoms with E-state index in [2.05, 4.69) is 15.0 Å². The SMILES string of the molecule is O=S(=O)(CC(F)(F)F)c1ccc(C(CO)C2=NC3C(C=C(Cl)C(c4ccccc4OC(F)(F)F)C3Cl)N2)cc1. The van der Waals surface area contributed by atoms with Crippen LogP contribution in [-0.2, 0) is 9.84 Å². The number of hydrogen-bond donors (Lipinski definition) is 2. The van der Waals surface area contributed by atoms with E-state index in [1.54, 1.807) is 6.08 Å². The number of aliphatic imine (C=N–C) groups is 1. The van der Waals surface area contributed by atoms with E-state index in [-0.39, 0.29) is 16.4 Å². The van der Waals surface area contributed by atoms with Crippen LogP contribution in [0.2, 0.25) is 0 Å². The number of aliphatic hydroxyl groups excluding tert-OH is 1. The molecule has 2 aromatic carbocycles. The van der Waals surface area contributed by atoms with Crippen molar-refractivity contribution in [3.63, 3.8) is 0 Å². The normalized spacial score (nSPS) is 24.3. The second-order valence-corrected chi connectivity index (χ2v) is 11.8. The summed E-state index contributed by atoms with van der Waals surface area (Å²) in [5, 5.41) is 12.4. The lowest BCUT2D eigenvalue weighted by Gasteiger charge is -2.33. The molecule has 15 heteroatoms. The number of ether oxygens (including phenoxy) is 1. The second-order valence-electron chi connectivity index (χ2n) is 8.91. The molecular formula is C24H20Cl2F6N2O4S. The van der Waals surface area contributed by atoms with Gasteiger partial charge in [-0.05, 0) is 29.8 Å². The minimum atomic E-state index is -4.94. The second kappa shape index (κ2) is 10.8. The summed E-state index contributed by atoms with van der Waals surface area (Å²) in [4.78, 5) is 4.02. The van der Waals surface area contributed by atoms with E-state index in [1.165, 1.54) is 30.3 Å². The van der Waals surface area contributed by atoms with Gasteiger partial charge in [-0.3, -0.25) is 4.99 Å². The Hall–Kier alpha value is -2.48. The van der Waals surface area contributed by atoms with E-state index in [9.17, 15) is 39.9 Å². The van der Waals surface area contributed by atoms with Crippen LogP contribution in [0.25, 0.3) is 0 Å². The van der Waals surface area contributed by atoms with Crippen LogP contribution >= 0.6 is 23.2 Å². The molecule has 5 unspecified atom stereocenters. The van der Waals surface area contributed by atoms with Gasteiger partial charge in [0.2, 0.25) is 0 Å². The molecule has 1 aliphatic heterocycles. The molecule has 212 valence electrons. The van der Waals surface area contributed by atoms with Crippen molar-refractivity contribution in [1.29, 1.82) is 0 Å². The van der Waals surface area contributed by atoms with Crippen LogP contribution in [0.1, 0.15) is 23.0 Å². The van der Waals surface area contributed by atoms with Gasteiger partial charge in [-0.25, -0.2) is 8.42 Å². The first-order valence-corrected chi connectivity index (χ1v) is 13.8. The number of halogens is 8. The Morgan fingerprint density at radius 2 is 1.69 bits per heavy atom. The summed E-state index contributed by atoms with van der Waals surface area (Å²) >= 11 is 13.2. The molecule has 5 atom stereocenters. The summed E-state index contributed by atoms with van der Waals surface area (Å²) in [6, 6.07) is 8.72. The molecule has 39 heavy (non-hydrogen) atoms. The van der Waals surface area contributed by atoms with Crippen molar-refractivity contribution in [2.75, 3.05) is 12.4 Å². The standard InChI is InChI=1S/C24H20Cl2F6N2O4S/c25-16-9-17-21(20(26)19(16)14-3-1-2-4-18(14)38-24(30,31)32)34-22(33-17)15(10-35)12-5-7-13(8-6-12)39(36,37)11-23(27,28)29/h1-9,15,17,19-21,35H,10-11H2,(H,33,34). The Labute approximate surface area is 229 Å². The summed E-state index contributed by atoms with van der Waals surface area (Å²) < 4.78 is 105. The van der Waals surface area contributed by atoms with Crippen molar-refractivity contribution in [2.45, 2.75) is 46.7 Å². The number of benzene rings is 2. The van der Waals surface area contributed by atoms with Gasteiger partial charge < -0.3 is 15.2 Å². The van der Waals surface area contributed by atoms with E-state index < -0.39 is 74.7 Å². The first-order valence-electron chi connectivity index (χ1n) is 11.3. The molecule has 1 aliphatic carbocycles. The fourth-order valence-electron chi connectivity index (χ4n) is 4.59. The van der Waals surface area contributed by atoms with E-state index in [0.29, 0.717) is 5.56 Å². The first kappa shape index (κ1) is 29.5. The Kier molecular flexibility index (Phi) is 8.19. The van der Waals surface area contributed by atoms with Gasteiger partial charge in [-0.2, -0.15) is 13.2 Å². The average molecular weight is 617 g/mol. The Morgan fingerprint density at radius 1 is 1.05 bits per heavy atom. The molecule has 2 N–H and O–H groups in total. The van der Waals surface area contributed by atoms with Crippen LogP contribution in [-0.4, -0.2) is 61.7 Å². The van der Waals surface area contributed by atoms with Gasteiger partial charge in [0.15, 0.2) is 15.6 Å². The van der Waals surface area contributed by atoms with Crippen LogP contribution < -0.4 is 10.1 Å². The minimum Gasteiger partial charge on any atom is -0.405 e. The molecular weight excluding hydrogens is 597 g/mol. The monoisotopic (exact) mass is 616 g/mol. The van der Waals surface area contributed by atoms with Crippen LogP contribution in [0.15, 0.2) is 69.5 Å². The number of fused-ring (bicyclic) bond motifs is 1. The Balaban J connectivity index is 1.60. The van der Waals surface area contributed by atoms with Crippen molar-refractivity contribution >= 4 is 38.9 Å². The van der Waals surface area contributed by atoms with Gasteiger partial charge in [0.1, 0.15) is 11.6 Å². The minimum absolute atomic E-state index is 0.104. The maximum absolute atomic E-state index is 13.0. The van der Waals surface area contributed by atoms with Crippen molar-refractivity contribution in [3.05, 3.63) is 70.8 Å². The van der Waals surface area contributed by atoms with Crippen molar-refractivity contribution < 1.29 is 44.6 Å². The quantitative estimate of drug-likeness (QED) is 0.327. The highest BCUT2D eigenvalue weighted by atomic mass is 35.5. The number of nitrogens with one attached hydrogen (secondary N) is 1. The van der Waals surface area contributed by atoms with Gasteiger partial charge in [0.25, 0.3) is 0 Å². The van der Waals surface area contributed by atoms with Gasteiger partial charge in [0, 0.05) is 16.5 Å². The number of aliphatic hydroxyl groups is 1. The topological polar surface area (TPSA) is 88.0 Å². The molecule has 0 fully saturated rings. The molecule has 2 aliphatic rings. The fraction of sp³-hybridized carbons (Fsp3) is 0.375. The van der Waals surface area contributed by atoms with Gasteiger partial charge >= 0.3 is 12.5 Å². The Bertz CT molecular complexity index is 1380. The highest BCUT2D eigenvalue weighted by molar-refractivity contribution is 7.91. The third-order valence-electron chi connectivity index (χ3n) is 6.24. The van der Waals surface area contributed by atoms with E-state index in [0.717, 1.165) is 18.2 Å². The summed E-state index contributed by atoms with van der Waals surface area (Å²) in [6.07, 6.45) is -8.30. The van der Waals surface area contributed by atoms with Crippen molar-refractivity contribution in [2.24, 2.45) is 4.99 Å². The number of amidine groups is 1. The zero-order chi connectivity index (χ0) is 28.8. The van der Waals surface area contributed by atoms with Crippen LogP contribution in [0.5, 0.6) is 5.75 Å². The van der Waals surface area contributed by atoms with E-state index in [1.807, 2.05) is 0 Å². The van der Waals surface area contributed by atoms with E-state index in [4.69, 9.17) is 23.2 Å². The highest BCUT2D eigenvalue weighted by Gasteiger charge is 2.45. The molecule has 0 bridgehead atoms. The summed E-state index contributed by atoms with van der Waals surface area (Å²) in [7, 11) is -4.62. The van der Waals surface area contributed by atoms with Crippen molar-refractivity contribution in [3.8, 4) is 5.75 Å². The third kappa shape index (κ3) is 6.64. The first-order chi connectivity index (χ1) is 18.1. The van der Waals surface area contributed by atoms with Crippen molar-refractivity contribution in [1.82, 2.24) is 5.32 Å². The number of allylic oxidation sites excluding steroid dienone is 1. The largest absolute Gasteiger partial charge is 0.573 e. The number of alkyl halides is 7. The molecule has 0 saturated carbocycles. The molecule has 0 radical (unpaired) electrons. The molecule has 0 aromatic heterocycles. The van der Waals surface area contributed by atoms with Gasteiger partial charge in [0.05, 0.1) is 34.9 Å². The predicted octanol–water partition coefficient (Wildman–Crippen LogP) is 5.26. The number of rotatable bonds is 7. The van der Waals surface area contributed by atoms with Crippen LogP contribution in [0, 0.1) is 0 Å². The Morgan fingerprint density at radius 3 is 2.28 bits per heavy atom. The smallest absolute Gasteiger partial charge is 0.405 e. The molecule has 4 rings (SSSR count). The number of hydrogen-bond acceptors (Lipinski definition) is 6. The summed E-state index contributed by atoms with van der Waals surface area (Å²) in [5.41, 5.74) is 0.461. The fourth-order valence-corrected chi connectivity index (χ4v) is 6.68. The van der Waals surface area contributed by atoms with E-state index >= 15 is 0 Å². The maximum atomic E-state index is 13.0. The predicted molar refractivity (Wildman–Crippen MR) is 132 cm³/mol. The van der Waals surface area contributed by atoms with Gasteiger partial charge in [-0.1, -0.05) is 41.9 Å². The lowest BCUT2D eigenvalue weighted by Crippen LogP contribution is -2.44. The van der Waals surface area contributed by atoms with Gasteiger partial charge in [-0.15, -0.1) is 24.8 Å². The zero-order valence-electron chi connectivity index (χ0n) is 19.5. The molecule has 6 nitrogen and oxygen atoms in total. The number of sulfone groups is 1. The maximum Gasteiger partial charge on any atom is 0.573 e. The molecule has 1 heterocycles. The number of para-hydroxylation sites is 1. The lowest BCUT2D eigenvalue weighted by molar-refractivity contribution is -0.275. The molecule has 0 saturated heterocycles. The average Bonchev–Trinajstić information content (AvgIpc) is 3.22. The molecule has 0 spiro atoms. The summed E-state index contributed by atoms with van der Waals surface area (Å²) in [5.74, 6) is -3.96. The van der Waals surface area contributed by atoms with Crippen LogP contribution in [0.4, 0.5) is 26.3 Å². The molecule has 0 amide bonds. The zero-order valence-corrected chi connectivity index (χ0v) is 21.9. The molecule has 2 aromatic rings. The number of nitrogens with zero attached hydrogens (tertiary/aromatic N) is 1. The summed E-state index contributed by atoms with van der Waals surface area (Å²) in [6.45, 7) is -0.504. The highest BCUT2D eigenvalue weighted by Crippen LogP contribution is 2.46. The lowest BCUT2D eigenvalue weighted by atomic mass is 9.83.